The molecule has 2 aromatic rings. The molecular weight excluding hydrogens is 501 g/mol. The Morgan fingerprint density at radius 2 is 1.91 bits per heavy atom. The Morgan fingerprint density at radius 1 is 1.15 bits per heavy atom. The van der Waals surface area contributed by atoms with E-state index in [-0.39, 0.29) is 17.5 Å². The lowest BCUT2D eigenvalue weighted by molar-refractivity contribution is 0.0630. The summed E-state index contributed by atoms with van der Waals surface area (Å²) in [5.74, 6) is 1.23. The molecule has 0 aliphatic carbocycles. The van der Waals surface area contributed by atoms with Crippen LogP contribution >= 0.6 is 23.2 Å². The van der Waals surface area contributed by atoms with Gasteiger partial charge in [0.05, 0.1) is 33.3 Å². The minimum atomic E-state index is -3.76. The van der Waals surface area contributed by atoms with E-state index in [1.165, 1.54) is 6.07 Å². The maximum Gasteiger partial charge on any atom is 0.240 e. The van der Waals surface area contributed by atoms with E-state index in [0.29, 0.717) is 34.7 Å². The maximum atomic E-state index is 12.7. The molecule has 0 unspecified atom stereocenters. The lowest BCUT2D eigenvalue weighted by atomic mass is 10.1. The van der Waals surface area contributed by atoms with E-state index in [1.807, 2.05) is 11.9 Å². The molecular formula is C23H29Cl2N3O5S. The number of hydrogen-bond donors (Lipinski definition) is 2. The number of nitrogens with zero attached hydrogens (tertiary/aromatic N) is 2. The van der Waals surface area contributed by atoms with E-state index in [0.717, 1.165) is 38.2 Å². The van der Waals surface area contributed by atoms with E-state index >= 15 is 0 Å². The molecule has 2 aliphatic rings. The van der Waals surface area contributed by atoms with Gasteiger partial charge in [-0.1, -0.05) is 23.2 Å². The summed E-state index contributed by atoms with van der Waals surface area (Å²) in [6, 6.07) is 10.0. The van der Waals surface area contributed by atoms with Crippen molar-refractivity contribution in [3.63, 3.8) is 0 Å². The van der Waals surface area contributed by atoms with Gasteiger partial charge in [0.2, 0.25) is 10.0 Å². The molecule has 34 heavy (non-hydrogen) atoms. The van der Waals surface area contributed by atoms with Gasteiger partial charge in [0.15, 0.2) is 0 Å². The third-order valence-electron chi connectivity index (χ3n) is 6.04. The Labute approximate surface area is 210 Å². The summed E-state index contributed by atoms with van der Waals surface area (Å²) in [6.07, 6.45) is 0.807. The summed E-state index contributed by atoms with van der Waals surface area (Å²) in [5, 5.41) is 11.4. The van der Waals surface area contributed by atoms with Gasteiger partial charge in [-0.3, -0.25) is 0 Å². The Morgan fingerprint density at radius 3 is 2.65 bits per heavy atom. The topological polar surface area (TPSA) is 91.3 Å². The van der Waals surface area contributed by atoms with Crippen LogP contribution in [-0.2, 0) is 10.0 Å². The van der Waals surface area contributed by atoms with E-state index in [4.69, 9.17) is 32.7 Å². The number of aliphatic hydroxyl groups is 1. The summed E-state index contributed by atoms with van der Waals surface area (Å²) in [5.41, 5.74) is 0.858. The zero-order valence-corrected chi connectivity index (χ0v) is 21.2. The summed E-state index contributed by atoms with van der Waals surface area (Å²) in [6.45, 7) is 3.05. The van der Waals surface area contributed by atoms with Crippen LogP contribution in [0, 0.1) is 0 Å². The molecule has 1 atom stereocenters. The Bertz CT molecular complexity index is 1110. The number of rotatable bonds is 8. The van der Waals surface area contributed by atoms with Crippen LogP contribution < -0.4 is 19.1 Å². The highest BCUT2D eigenvalue weighted by atomic mass is 35.5. The first kappa shape index (κ1) is 25.3. The number of β-amino-alcohol motifs (C(OH)–C–C–N with tert-alkyl or cyclic N) is 1. The van der Waals surface area contributed by atoms with Gasteiger partial charge in [0.1, 0.15) is 24.2 Å². The summed E-state index contributed by atoms with van der Waals surface area (Å²) >= 11 is 12.0. The van der Waals surface area contributed by atoms with Crippen molar-refractivity contribution in [3.05, 3.63) is 46.4 Å². The molecule has 0 bridgehead atoms. The van der Waals surface area contributed by atoms with Gasteiger partial charge < -0.3 is 24.4 Å². The minimum Gasteiger partial charge on any atom is -0.490 e. The largest absolute Gasteiger partial charge is 0.490 e. The fourth-order valence-corrected chi connectivity index (χ4v) is 5.49. The van der Waals surface area contributed by atoms with E-state index in [2.05, 4.69) is 9.62 Å². The van der Waals surface area contributed by atoms with Gasteiger partial charge in [-0.05, 0) is 37.1 Å². The van der Waals surface area contributed by atoms with Crippen molar-refractivity contribution in [2.45, 2.75) is 29.9 Å². The predicted molar refractivity (Wildman–Crippen MR) is 133 cm³/mol. The molecule has 0 spiro atoms. The number of ether oxygens (including phenoxy) is 2. The smallest absolute Gasteiger partial charge is 0.240 e. The van der Waals surface area contributed by atoms with Gasteiger partial charge >= 0.3 is 0 Å². The summed E-state index contributed by atoms with van der Waals surface area (Å²) in [4.78, 5) is 4.25. The highest BCUT2D eigenvalue weighted by molar-refractivity contribution is 7.89. The Balaban J connectivity index is 1.23. The monoisotopic (exact) mass is 529 g/mol. The molecule has 0 amide bonds. The standard InChI is InChI=1S/C23H29Cl2N3O5S/c1-27-10-11-32-23-13-19(3-5-22(23)27)34(30,31)26-14-16(29)15-28-8-6-17(7-9-28)33-18-2-4-20(24)21(25)12-18/h2-5,12-13,16-17,26,29H,6-11,14-15H2,1H3/t16-/m0/s1. The number of sulfonamides is 1. The Hall–Kier alpha value is -1.75. The molecule has 11 heteroatoms. The first-order valence-corrected chi connectivity index (χ1v) is 13.4. The van der Waals surface area contributed by atoms with E-state index < -0.39 is 16.1 Å². The highest BCUT2D eigenvalue weighted by Gasteiger charge is 2.24. The first-order valence-electron chi connectivity index (χ1n) is 11.2. The molecule has 2 N–H and O–H groups in total. The van der Waals surface area contributed by atoms with Crippen LogP contribution in [0.3, 0.4) is 0 Å². The molecule has 2 aliphatic heterocycles. The quantitative estimate of drug-likeness (QED) is 0.542. The zero-order valence-electron chi connectivity index (χ0n) is 18.9. The van der Waals surface area contributed by atoms with Crippen LogP contribution in [0.25, 0.3) is 0 Å². The van der Waals surface area contributed by atoms with Crippen molar-refractivity contribution in [3.8, 4) is 11.5 Å². The molecule has 0 radical (unpaired) electrons. The predicted octanol–water partition coefficient (Wildman–Crippen LogP) is 3.00. The molecule has 0 saturated carbocycles. The van der Waals surface area contributed by atoms with Gasteiger partial charge in [-0.15, -0.1) is 0 Å². The summed E-state index contributed by atoms with van der Waals surface area (Å²) < 4.78 is 39.5. The number of benzene rings is 2. The minimum absolute atomic E-state index is 0.0504. The molecule has 1 fully saturated rings. The highest BCUT2D eigenvalue weighted by Crippen LogP contribution is 2.33. The molecule has 0 aromatic heterocycles. The molecule has 1 saturated heterocycles. The maximum absolute atomic E-state index is 12.7. The molecule has 186 valence electrons. The van der Waals surface area contributed by atoms with Gasteiger partial charge in [0, 0.05) is 45.4 Å². The number of likely N-dealkylation sites (N-methyl/N-ethyl adjacent to an activating group) is 1. The number of hydrogen-bond acceptors (Lipinski definition) is 7. The van der Waals surface area contributed by atoms with Gasteiger partial charge in [-0.25, -0.2) is 13.1 Å². The van der Waals surface area contributed by atoms with Crippen molar-refractivity contribution in [1.82, 2.24) is 9.62 Å². The summed E-state index contributed by atoms with van der Waals surface area (Å²) in [7, 11) is -1.83. The second-order valence-corrected chi connectivity index (χ2v) is 11.2. The van der Waals surface area contributed by atoms with Crippen LogP contribution in [0.4, 0.5) is 5.69 Å². The number of likely N-dealkylation sites (tertiary alicyclic amines) is 1. The molecule has 4 rings (SSSR count). The third kappa shape index (κ3) is 6.27. The zero-order chi connectivity index (χ0) is 24.3. The fourth-order valence-electron chi connectivity index (χ4n) is 4.11. The average molecular weight is 530 g/mol. The number of anilines is 1. The number of piperidine rings is 1. The fraction of sp³-hybridized carbons (Fsp3) is 0.478. The van der Waals surface area contributed by atoms with Crippen molar-refractivity contribution in [2.75, 3.05) is 51.3 Å². The third-order valence-corrected chi connectivity index (χ3v) is 8.20. The van der Waals surface area contributed by atoms with E-state index in [1.54, 1.807) is 30.3 Å². The van der Waals surface area contributed by atoms with Crippen LogP contribution in [0.2, 0.25) is 10.0 Å². The number of nitrogens with one attached hydrogen (secondary N) is 1. The van der Waals surface area contributed by atoms with E-state index in [9.17, 15) is 13.5 Å². The number of fused-ring (bicyclic) bond motifs is 1. The SMILES string of the molecule is CN1CCOc2cc(S(=O)(=O)NC[C@H](O)CN3CCC(Oc4ccc(Cl)c(Cl)c4)CC3)ccc21. The van der Waals surface area contributed by atoms with Crippen LogP contribution in [0.15, 0.2) is 41.3 Å². The van der Waals surface area contributed by atoms with Crippen LogP contribution in [0.1, 0.15) is 12.8 Å². The van der Waals surface area contributed by atoms with Crippen molar-refractivity contribution < 1.29 is 23.0 Å². The lowest BCUT2D eigenvalue weighted by Crippen LogP contribution is -2.45. The Kier molecular flexibility index (Phi) is 8.12. The van der Waals surface area contributed by atoms with Crippen molar-refractivity contribution in [1.29, 1.82) is 0 Å². The average Bonchev–Trinajstić information content (AvgIpc) is 2.81. The number of halogens is 2. The normalized spacial score (nSPS) is 18.3. The number of aliphatic hydroxyl groups excluding tert-OH is 1. The van der Waals surface area contributed by atoms with Crippen molar-refractivity contribution in [2.24, 2.45) is 0 Å². The molecule has 2 aromatic carbocycles. The van der Waals surface area contributed by atoms with Gasteiger partial charge in [0.25, 0.3) is 0 Å². The van der Waals surface area contributed by atoms with Crippen LogP contribution in [-0.4, -0.2) is 77.0 Å². The first-order chi connectivity index (χ1) is 16.2. The van der Waals surface area contributed by atoms with Crippen LogP contribution in [0.5, 0.6) is 11.5 Å². The lowest BCUT2D eigenvalue weighted by Gasteiger charge is -2.33. The molecule has 8 nitrogen and oxygen atoms in total. The second-order valence-electron chi connectivity index (χ2n) is 8.60. The second kappa shape index (κ2) is 10.9. The van der Waals surface area contributed by atoms with Crippen molar-refractivity contribution >= 4 is 38.9 Å². The molecule has 2 heterocycles. The van der Waals surface area contributed by atoms with Gasteiger partial charge in [-0.2, -0.15) is 0 Å².